The average molecular weight is 426 g/mol. The molecule has 1 aliphatic heterocycles. The Bertz CT molecular complexity index is 899. The van der Waals surface area contributed by atoms with Crippen LogP contribution in [0.3, 0.4) is 0 Å². The van der Waals surface area contributed by atoms with E-state index in [1.54, 1.807) is 0 Å². The van der Waals surface area contributed by atoms with Gasteiger partial charge in [0.2, 0.25) is 0 Å². The Labute approximate surface area is 183 Å². The number of aromatic nitrogens is 3. The van der Waals surface area contributed by atoms with Gasteiger partial charge in [0.15, 0.2) is 5.69 Å². The topological polar surface area (TPSA) is 71.8 Å². The maximum absolute atomic E-state index is 12.9. The Morgan fingerprint density at radius 1 is 1.07 bits per heavy atom. The molecule has 2 heterocycles. The molecule has 3 aromatic rings. The van der Waals surface area contributed by atoms with Crippen LogP contribution in [-0.4, -0.2) is 40.5 Å². The number of rotatable bonds is 6. The van der Waals surface area contributed by atoms with Crippen LogP contribution in [0.25, 0.3) is 0 Å². The Morgan fingerprint density at radius 2 is 1.63 bits per heavy atom. The molecule has 0 bridgehead atoms. The molecule has 1 aliphatic rings. The van der Waals surface area contributed by atoms with E-state index in [2.05, 4.69) is 45.2 Å². The van der Waals surface area contributed by atoms with Gasteiger partial charge in [0, 0.05) is 12.5 Å². The summed E-state index contributed by atoms with van der Waals surface area (Å²) in [4.78, 5) is 12.9. The van der Waals surface area contributed by atoms with E-state index in [0.29, 0.717) is 18.3 Å². The fourth-order valence-corrected chi connectivity index (χ4v) is 4.03. The molecule has 158 valence electrons. The van der Waals surface area contributed by atoms with E-state index in [9.17, 15) is 4.79 Å². The third-order valence-corrected chi connectivity index (χ3v) is 5.67. The first-order valence-corrected chi connectivity index (χ1v) is 10.2. The standard InChI is InChI=1S/C23H27N5O.ClH/c1-17-22(26-27-28(17)20-12-14-24-15-13-20)23(29)25-16-21(18-8-4-2-5-9-18)19-10-6-3-7-11-19;/h2-11,20-21,24H,12-16H2,1H3,(H,25,29);1H. The highest BCUT2D eigenvalue weighted by molar-refractivity contribution is 5.93. The molecule has 1 amide bonds. The molecule has 0 unspecified atom stereocenters. The second-order valence-electron chi connectivity index (χ2n) is 7.53. The minimum absolute atomic E-state index is 0. The smallest absolute Gasteiger partial charge is 0.273 e. The van der Waals surface area contributed by atoms with Gasteiger partial charge in [-0.15, -0.1) is 17.5 Å². The SMILES string of the molecule is Cc1c(C(=O)NCC(c2ccccc2)c2ccccc2)nnn1C1CCNCC1.Cl. The van der Waals surface area contributed by atoms with Crippen LogP contribution in [0.5, 0.6) is 0 Å². The van der Waals surface area contributed by atoms with Crippen LogP contribution in [-0.2, 0) is 0 Å². The van der Waals surface area contributed by atoms with Gasteiger partial charge < -0.3 is 10.6 Å². The fraction of sp³-hybridized carbons (Fsp3) is 0.348. The summed E-state index contributed by atoms with van der Waals surface area (Å²) in [5, 5.41) is 14.9. The van der Waals surface area contributed by atoms with Gasteiger partial charge in [0.1, 0.15) is 0 Å². The van der Waals surface area contributed by atoms with Crippen molar-refractivity contribution in [1.82, 2.24) is 25.6 Å². The van der Waals surface area contributed by atoms with Crippen molar-refractivity contribution in [1.29, 1.82) is 0 Å². The minimum Gasteiger partial charge on any atom is -0.350 e. The normalized spacial score (nSPS) is 14.3. The van der Waals surface area contributed by atoms with E-state index < -0.39 is 0 Å². The van der Waals surface area contributed by atoms with Crippen molar-refractivity contribution in [2.75, 3.05) is 19.6 Å². The van der Waals surface area contributed by atoms with Crippen LogP contribution in [0.4, 0.5) is 0 Å². The number of benzene rings is 2. The first-order chi connectivity index (χ1) is 14.2. The van der Waals surface area contributed by atoms with Gasteiger partial charge in [-0.25, -0.2) is 4.68 Å². The number of carbonyl (C=O) groups excluding carboxylic acids is 1. The maximum Gasteiger partial charge on any atom is 0.273 e. The Hall–Kier alpha value is -2.70. The second-order valence-corrected chi connectivity index (χ2v) is 7.53. The van der Waals surface area contributed by atoms with Gasteiger partial charge >= 0.3 is 0 Å². The molecule has 4 rings (SSSR count). The molecule has 1 fully saturated rings. The molecule has 0 saturated carbocycles. The summed E-state index contributed by atoms with van der Waals surface area (Å²) in [5.41, 5.74) is 3.61. The molecule has 30 heavy (non-hydrogen) atoms. The van der Waals surface area contributed by atoms with Gasteiger partial charge in [-0.05, 0) is 44.0 Å². The van der Waals surface area contributed by atoms with Crippen LogP contribution < -0.4 is 10.6 Å². The van der Waals surface area contributed by atoms with E-state index in [4.69, 9.17) is 0 Å². The second kappa shape index (κ2) is 10.4. The molecule has 2 N–H and O–H groups in total. The highest BCUT2D eigenvalue weighted by Crippen LogP contribution is 2.24. The predicted molar refractivity (Wildman–Crippen MR) is 120 cm³/mol. The van der Waals surface area contributed by atoms with Crippen LogP contribution in [0, 0.1) is 6.92 Å². The Morgan fingerprint density at radius 3 is 2.20 bits per heavy atom. The van der Waals surface area contributed by atoms with Crippen molar-refractivity contribution >= 4 is 18.3 Å². The molecule has 0 radical (unpaired) electrons. The lowest BCUT2D eigenvalue weighted by Crippen LogP contribution is -2.31. The molecular weight excluding hydrogens is 398 g/mol. The minimum atomic E-state index is -0.167. The number of piperidine rings is 1. The van der Waals surface area contributed by atoms with E-state index in [0.717, 1.165) is 31.6 Å². The molecular formula is C23H28ClN5O. The van der Waals surface area contributed by atoms with E-state index in [1.807, 2.05) is 48.0 Å². The zero-order valence-corrected chi connectivity index (χ0v) is 17.9. The summed E-state index contributed by atoms with van der Waals surface area (Å²) >= 11 is 0. The largest absolute Gasteiger partial charge is 0.350 e. The van der Waals surface area contributed by atoms with Crippen molar-refractivity contribution in [3.8, 4) is 0 Å². The Balaban J connectivity index is 0.00000256. The number of hydrogen-bond donors (Lipinski definition) is 2. The van der Waals surface area contributed by atoms with Crippen LogP contribution in [0.2, 0.25) is 0 Å². The van der Waals surface area contributed by atoms with Crippen molar-refractivity contribution in [3.05, 3.63) is 83.2 Å². The van der Waals surface area contributed by atoms with Crippen molar-refractivity contribution in [2.24, 2.45) is 0 Å². The number of carbonyl (C=O) groups is 1. The summed E-state index contributed by atoms with van der Waals surface area (Å²) in [6.45, 7) is 4.39. The summed E-state index contributed by atoms with van der Waals surface area (Å²) in [7, 11) is 0. The summed E-state index contributed by atoms with van der Waals surface area (Å²) in [6.07, 6.45) is 2.02. The zero-order valence-electron chi connectivity index (χ0n) is 17.1. The summed E-state index contributed by atoms with van der Waals surface area (Å²) in [5.74, 6) is -0.0827. The number of nitrogens with one attached hydrogen (secondary N) is 2. The third kappa shape index (κ3) is 4.89. The molecule has 7 heteroatoms. The van der Waals surface area contributed by atoms with Crippen molar-refractivity contribution in [3.63, 3.8) is 0 Å². The number of hydrogen-bond acceptors (Lipinski definition) is 4. The highest BCUT2D eigenvalue weighted by atomic mass is 35.5. The van der Waals surface area contributed by atoms with E-state index >= 15 is 0 Å². The summed E-state index contributed by atoms with van der Waals surface area (Å²) < 4.78 is 1.92. The molecule has 0 spiro atoms. The van der Waals surface area contributed by atoms with Crippen molar-refractivity contribution in [2.45, 2.75) is 31.7 Å². The van der Waals surface area contributed by atoms with E-state index in [1.165, 1.54) is 11.1 Å². The van der Waals surface area contributed by atoms with Gasteiger partial charge in [-0.1, -0.05) is 65.9 Å². The first-order valence-electron chi connectivity index (χ1n) is 10.2. The molecule has 1 aromatic heterocycles. The van der Waals surface area contributed by atoms with Crippen LogP contribution in [0.1, 0.15) is 52.1 Å². The molecule has 6 nitrogen and oxygen atoms in total. The molecule has 0 aliphatic carbocycles. The lowest BCUT2D eigenvalue weighted by Gasteiger charge is -2.23. The summed E-state index contributed by atoms with van der Waals surface area (Å²) in [6, 6.07) is 20.8. The fourth-order valence-electron chi connectivity index (χ4n) is 4.03. The zero-order chi connectivity index (χ0) is 20.1. The predicted octanol–water partition coefficient (Wildman–Crippen LogP) is 3.49. The lowest BCUT2D eigenvalue weighted by molar-refractivity contribution is 0.0946. The monoisotopic (exact) mass is 425 g/mol. The van der Waals surface area contributed by atoms with Gasteiger partial charge in [0.05, 0.1) is 11.7 Å². The Kier molecular flexibility index (Phi) is 7.60. The van der Waals surface area contributed by atoms with Crippen molar-refractivity contribution < 1.29 is 4.79 Å². The average Bonchev–Trinajstić information content (AvgIpc) is 3.17. The van der Waals surface area contributed by atoms with Gasteiger partial charge in [0.25, 0.3) is 5.91 Å². The van der Waals surface area contributed by atoms with Crippen LogP contribution >= 0.6 is 12.4 Å². The quantitative estimate of drug-likeness (QED) is 0.634. The first kappa shape index (κ1) is 22.0. The number of nitrogens with zero attached hydrogens (tertiary/aromatic N) is 3. The third-order valence-electron chi connectivity index (χ3n) is 5.67. The number of amides is 1. The maximum atomic E-state index is 12.9. The number of halogens is 1. The van der Waals surface area contributed by atoms with Gasteiger partial charge in [-0.3, -0.25) is 4.79 Å². The lowest BCUT2D eigenvalue weighted by atomic mass is 9.91. The van der Waals surface area contributed by atoms with Crippen LogP contribution in [0.15, 0.2) is 60.7 Å². The molecule has 0 atom stereocenters. The highest BCUT2D eigenvalue weighted by Gasteiger charge is 2.23. The molecule has 2 aromatic carbocycles. The molecule has 1 saturated heterocycles. The van der Waals surface area contributed by atoms with E-state index in [-0.39, 0.29) is 24.2 Å². The van der Waals surface area contributed by atoms with Gasteiger partial charge in [-0.2, -0.15) is 0 Å².